The van der Waals surface area contributed by atoms with Crippen LogP contribution in [0.5, 0.6) is 0 Å². The number of pyridine rings is 1. The second kappa shape index (κ2) is 10.1. The fourth-order valence-electron chi connectivity index (χ4n) is 3.20. The Bertz CT molecular complexity index is 813. The summed E-state index contributed by atoms with van der Waals surface area (Å²) in [5.74, 6) is 0.352. The summed E-state index contributed by atoms with van der Waals surface area (Å²) in [6.07, 6.45) is 10.5. The third-order valence-corrected chi connectivity index (χ3v) is 5.66. The quantitative estimate of drug-likeness (QED) is 0.601. The van der Waals surface area contributed by atoms with E-state index in [4.69, 9.17) is 0 Å². The van der Waals surface area contributed by atoms with Gasteiger partial charge in [-0.3, -0.25) is 14.6 Å². The van der Waals surface area contributed by atoms with Gasteiger partial charge in [0.25, 0.3) is 5.91 Å². The molecule has 0 radical (unpaired) electrons. The van der Waals surface area contributed by atoms with Crippen molar-refractivity contribution in [3.8, 4) is 0 Å². The summed E-state index contributed by atoms with van der Waals surface area (Å²) in [6, 6.07) is 11.7. The Morgan fingerprint density at radius 2 is 1.96 bits per heavy atom. The lowest BCUT2D eigenvalue weighted by Crippen LogP contribution is -2.41. The van der Waals surface area contributed by atoms with Crippen molar-refractivity contribution >= 4 is 29.7 Å². The van der Waals surface area contributed by atoms with E-state index in [1.807, 2.05) is 41.5 Å². The molecule has 2 amide bonds. The number of benzene rings is 1. The molecule has 1 aromatic heterocycles. The Morgan fingerprint density at radius 3 is 2.61 bits per heavy atom. The standard InChI is InChI=1S/C22H25N3O2S/c1-28-20-7-4-17(5-8-20)6-9-21(26)24-15-18-10-13-25(14-11-18)22(27)19-3-2-12-23-16-19/h2-9,12,16,18H,10-11,13-15H2,1H3,(H,24,26)/b9-6+. The number of carbonyl (C=O) groups is 2. The first-order valence-electron chi connectivity index (χ1n) is 9.45. The summed E-state index contributed by atoms with van der Waals surface area (Å²) < 4.78 is 0. The number of piperidine rings is 1. The monoisotopic (exact) mass is 395 g/mol. The fraction of sp³-hybridized carbons (Fsp3) is 0.318. The molecule has 2 aromatic rings. The SMILES string of the molecule is CSc1ccc(/C=C/C(=O)NCC2CCN(C(=O)c3cccnc3)CC2)cc1. The van der Waals surface area contributed by atoms with Gasteiger partial charge in [0.05, 0.1) is 5.56 Å². The van der Waals surface area contributed by atoms with Gasteiger partial charge in [0.15, 0.2) is 0 Å². The lowest BCUT2D eigenvalue weighted by Gasteiger charge is -2.32. The molecule has 2 heterocycles. The molecule has 0 spiro atoms. The predicted molar refractivity (Wildman–Crippen MR) is 113 cm³/mol. The van der Waals surface area contributed by atoms with Crippen molar-refractivity contribution in [2.75, 3.05) is 25.9 Å². The number of likely N-dealkylation sites (tertiary alicyclic amines) is 1. The van der Waals surface area contributed by atoms with Gasteiger partial charge >= 0.3 is 0 Å². The molecule has 146 valence electrons. The van der Waals surface area contributed by atoms with Crippen LogP contribution in [0.1, 0.15) is 28.8 Å². The van der Waals surface area contributed by atoms with E-state index in [1.165, 1.54) is 4.90 Å². The van der Waals surface area contributed by atoms with Crippen LogP contribution in [0.4, 0.5) is 0 Å². The minimum atomic E-state index is -0.0807. The van der Waals surface area contributed by atoms with Crippen molar-refractivity contribution in [1.82, 2.24) is 15.2 Å². The topological polar surface area (TPSA) is 62.3 Å². The largest absolute Gasteiger partial charge is 0.352 e. The predicted octanol–water partition coefficient (Wildman–Crippen LogP) is 3.49. The number of aromatic nitrogens is 1. The third kappa shape index (κ3) is 5.70. The average Bonchev–Trinajstić information content (AvgIpc) is 2.77. The maximum Gasteiger partial charge on any atom is 0.255 e. The van der Waals surface area contributed by atoms with Gasteiger partial charge in [-0.2, -0.15) is 0 Å². The highest BCUT2D eigenvalue weighted by Crippen LogP contribution is 2.18. The number of thioether (sulfide) groups is 1. The molecule has 5 nitrogen and oxygen atoms in total. The van der Waals surface area contributed by atoms with Crippen molar-refractivity contribution in [3.63, 3.8) is 0 Å². The summed E-state index contributed by atoms with van der Waals surface area (Å²) in [7, 11) is 0. The van der Waals surface area contributed by atoms with E-state index in [2.05, 4.69) is 10.3 Å². The van der Waals surface area contributed by atoms with Gasteiger partial charge in [-0.25, -0.2) is 0 Å². The first-order chi connectivity index (χ1) is 13.7. The maximum absolute atomic E-state index is 12.4. The van der Waals surface area contributed by atoms with Gasteiger partial charge < -0.3 is 10.2 Å². The summed E-state index contributed by atoms with van der Waals surface area (Å²) in [5.41, 5.74) is 1.64. The van der Waals surface area contributed by atoms with Gasteiger partial charge in [-0.05, 0) is 60.9 Å². The van der Waals surface area contributed by atoms with E-state index in [1.54, 1.807) is 42.4 Å². The first kappa shape index (κ1) is 20.1. The zero-order chi connectivity index (χ0) is 19.8. The second-order valence-electron chi connectivity index (χ2n) is 6.83. The van der Waals surface area contributed by atoms with Crippen LogP contribution in [0.2, 0.25) is 0 Å². The van der Waals surface area contributed by atoms with Crippen LogP contribution in [0, 0.1) is 5.92 Å². The number of hydrogen-bond donors (Lipinski definition) is 1. The Morgan fingerprint density at radius 1 is 1.21 bits per heavy atom. The number of nitrogens with one attached hydrogen (secondary N) is 1. The highest BCUT2D eigenvalue weighted by molar-refractivity contribution is 7.98. The fourth-order valence-corrected chi connectivity index (χ4v) is 3.61. The van der Waals surface area contributed by atoms with Gasteiger partial charge in [0.2, 0.25) is 5.91 Å². The molecule has 6 heteroatoms. The number of rotatable bonds is 6. The van der Waals surface area contributed by atoms with Crippen LogP contribution >= 0.6 is 11.8 Å². The third-order valence-electron chi connectivity index (χ3n) is 4.92. The highest BCUT2D eigenvalue weighted by atomic mass is 32.2. The summed E-state index contributed by atoms with van der Waals surface area (Å²) in [6.45, 7) is 2.07. The van der Waals surface area contributed by atoms with Crippen molar-refractivity contribution in [2.45, 2.75) is 17.7 Å². The Hall–Kier alpha value is -2.60. The van der Waals surface area contributed by atoms with E-state index in [0.29, 0.717) is 31.1 Å². The minimum Gasteiger partial charge on any atom is -0.352 e. The first-order valence-corrected chi connectivity index (χ1v) is 10.7. The summed E-state index contributed by atoms with van der Waals surface area (Å²) in [4.78, 5) is 31.6. The van der Waals surface area contributed by atoms with Crippen LogP contribution in [-0.4, -0.2) is 47.6 Å². The van der Waals surface area contributed by atoms with Crippen molar-refractivity contribution in [2.24, 2.45) is 5.92 Å². The molecule has 1 fully saturated rings. The molecular weight excluding hydrogens is 370 g/mol. The molecule has 0 atom stereocenters. The molecule has 0 aliphatic carbocycles. The Balaban J connectivity index is 1.40. The van der Waals surface area contributed by atoms with Crippen molar-refractivity contribution in [1.29, 1.82) is 0 Å². The zero-order valence-corrected chi connectivity index (χ0v) is 16.8. The Kier molecular flexibility index (Phi) is 7.25. The second-order valence-corrected chi connectivity index (χ2v) is 7.71. The lowest BCUT2D eigenvalue weighted by molar-refractivity contribution is -0.116. The van der Waals surface area contributed by atoms with Crippen LogP contribution in [0.15, 0.2) is 59.8 Å². The highest BCUT2D eigenvalue weighted by Gasteiger charge is 2.23. The van der Waals surface area contributed by atoms with E-state index < -0.39 is 0 Å². The number of hydrogen-bond acceptors (Lipinski definition) is 4. The molecule has 0 saturated carbocycles. The van der Waals surface area contributed by atoms with Gasteiger partial charge in [-0.1, -0.05) is 12.1 Å². The number of nitrogens with zero attached hydrogens (tertiary/aromatic N) is 2. The minimum absolute atomic E-state index is 0.0333. The van der Waals surface area contributed by atoms with Gasteiger partial charge in [0.1, 0.15) is 0 Å². The summed E-state index contributed by atoms with van der Waals surface area (Å²) in [5, 5.41) is 2.98. The molecule has 1 aromatic carbocycles. The van der Waals surface area contributed by atoms with Crippen molar-refractivity contribution < 1.29 is 9.59 Å². The van der Waals surface area contributed by atoms with E-state index in [9.17, 15) is 9.59 Å². The van der Waals surface area contributed by atoms with Crippen LogP contribution in [0.3, 0.4) is 0 Å². The molecule has 1 N–H and O–H groups in total. The number of amides is 2. The van der Waals surface area contributed by atoms with Crippen LogP contribution < -0.4 is 5.32 Å². The molecule has 0 unspecified atom stereocenters. The Labute approximate surface area is 170 Å². The molecule has 1 aliphatic rings. The zero-order valence-electron chi connectivity index (χ0n) is 16.0. The average molecular weight is 396 g/mol. The van der Waals surface area contributed by atoms with Crippen LogP contribution in [0.25, 0.3) is 6.08 Å². The lowest BCUT2D eigenvalue weighted by atomic mass is 9.96. The van der Waals surface area contributed by atoms with Gasteiger partial charge in [0, 0.05) is 43.0 Å². The molecule has 1 aliphatic heterocycles. The molecular formula is C22H25N3O2S. The van der Waals surface area contributed by atoms with Gasteiger partial charge in [-0.15, -0.1) is 11.8 Å². The molecule has 28 heavy (non-hydrogen) atoms. The maximum atomic E-state index is 12.4. The smallest absolute Gasteiger partial charge is 0.255 e. The normalized spacial score (nSPS) is 15.0. The van der Waals surface area contributed by atoms with E-state index >= 15 is 0 Å². The van der Waals surface area contributed by atoms with Crippen LogP contribution in [-0.2, 0) is 4.79 Å². The van der Waals surface area contributed by atoms with E-state index in [0.717, 1.165) is 18.4 Å². The van der Waals surface area contributed by atoms with Crippen molar-refractivity contribution in [3.05, 3.63) is 66.0 Å². The molecule has 1 saturated heterocycles. The molecule has 0 bridgehead atoms. The summed E-state index contributed by atoms with van der Waals surface area (Å²) >= 11 is 1.70. The van der Waals surface area contributed by atoms with E-state index in [-0.39, 0.29) is 11.8 Å². The molecule has 3 rings (SSSR count). The number of carbonyl (C=O) groups excluding carboxylic acids is 2.